The largest absolute Gasteiger partial charge is 0.360 e. The average Bonchev–Trinajstić information content (AvgIpc) is 2.72. The van der Waals surface area contributed by atoms with Gasteiger partial charge >= 0.3 is 0 Å². The van der Waals surface area contributed by atoms with Crippen molar-refractivity contribution in [1.82, 2.24) is 14.9 Å². The molecule has 1 aromatic heterocycles. The van der Waals surface area contributed by atoms with Crippen LogP contribution in [0, 0.1) is 6.92 Å². The SMILES string of the molecule is CCCN(C)c1cc(C)nc(SCc2cccc(C(=O)N3CC[NH+](C)CC3)c2)n1. The molecule has 6 nitrogen and oxygen atoms in total. The number of piperazine rings is 1. The predicted octanol–water partition coefficient (Wildman–Crippen LogP) is 1.89. The fourth-order valence-corrected chi connectivity index (χ4v) is 4.29. The van der Waals surface area contributed by atoms with Crippen LogP contribution in [0.5, 0.6) is 0 Å². The van der Waals surface area contributed by atoms with E-state index in [2.05, 4.69) is 37.0 Å². The van der Waals surface area contributed by atoms with E-state index in [1.54, 1.807) is 11.8 Å². The van der Waals surface area contributed by atoms with E-state index in [0.29, 0.717) is 0 Å². The maximum absolute atomic E-state index is 12.8. The lowest BCUT2D eigenvalue weighted by molar-refractivity contribution is -0.883. The number of amides is 1. The Kier molecular flexibility index (Phi) is 7.50. The first-order valence-electron chi connectivity index (χ1n) is 10.4. The summed E-state index contributed by atoms with van der Waals surface area (Å²) in [7, 11) is 4.24. The zero-order chi connectivity index (χ0) is 20.8. The molecule has 156 valence electrons. The fraction of sp³-hybridized carbons (Fsp3) is 0.500. The molecule has 1 aliphatic heterocycles. The first-order chi connectivity index (χ1) is 14.0. The van der Waals surface area contributed by atoms with Gasteiger partial charge in [-0.2, -0.15) is 0 Å². The number of anilines is 1. The lowest BCUT2D eigenvalue weighted by Gasteiger charge is -2.30. The van der Waals surface area contributed by atoms with E-state index in [9.17, 15) is 4.79 Å². The number of aromatic nitrogens is 2. The molecule has 1 aromatic carbocycles. The van der Waals surface area contributed by atoms with Crippen LogP contribution in [-0.2, 0) is 5.75 Å². The summed E-state index contributed by atoms with van der Waals surface area (Å²) in [6.07, 6.45) is 1.08. The molecule has 29 heavy (non-hydrogen) atoms. The van der Waals surface area contributed by atoms with E-state index in [1.165, 1.54) is 4.90 Å². The van der Waals surface area contributed by atoms with Gasteiger partial charge in [-0.15, -0.1) is 0 Å². The Hall–Kier alpha value is -2.12. The minimum atomic E-state index is 0.139. The first-order valence-corrected chi connectivity index (χ1v) is 11.3. The van der Waals surface area contributed by atoms with Crippen molar-refractivity contribution in [3.63, 3.8) is 0 Å². The molecule has 0 unspecified atom stereocenters. The van der Waals surface area contributed by atoms with E-state index in [-0.39, 0.29) is 5.91 Å². The molecule has 1 fully saturated rings. The lowest BCUT2D eigenvalue weighted by Crippen LogP contribution is -3.12. The molecular weight excluding hydrogens is 382 g/mol. The molecular formula is C22H32N5OS+. The van der Waals surface area contributed by atoms with Crippen LogP contribution in [0.1, 0.15) is 35.0 Å². The van der Waals surface area contributed by atoms with Gasteiger partial charge in [0.15, 0.2) is 5.16 Å². The van der Waals surface area contributed by atoms with Gasteiger partial charge in [0.1, 0.15) is 5.82 Å². The van der Waals surface area contributed by atoms with E-state index in [1.807, 2.05) is 36.1 Å². The van der Waals surface area contributed by atoms with Crippen molar-refractivity contribution in [1.29, 1.82) is 0 Å². The van der Waals surface area contributed by atoms with Crippen molar-refractivity contribution < 1.29 is 9.69 Å². The van der Waals surface area contributed by atoms with Crippen LogP contribution < -0.4 is 9.80 Å². The van der Waals surface area contributed by atoms with Gasteiger partial charge in [0.25, 0.3) is 5.91 Å². The summed E-state index contributed by atoms with van der Waals surface area (Å²) in [5, 5.41) is 0.779. The van der Waals surface area contributed by atoms with E-state index in [4.69, 9.17) is 4.98 Å². The lowest BCUT2D eigenvalue weighted by atomic mass is 10.1. The molecule has 0 radical (unpaired) electrons. The van der Waals surface area contributed by atoms with Gasteiger partial charge in [0.05, 0.1) is 33.2 Å². The van der Waals surface area contributed by atoms with E-state index in [0.717, 1.165) is 72.7 Å². The Balaban J connectivity index is 1.66. The first kappa shape index (κ1) is 21.6. The highest BCUT2D eigenvalue weighted by Crippen LogP contribution is 2.23. The zero-order valence-corrected chi connectivity index (χ0v) is 18.8. The number of hydrogen-bond donors (Lipinski definition) is 1. The highest BCUT2D eigenvalue weighted by atomic mass is 32.2. The van der Waals surface area contributed by atoms with Gasteiger partial charge in [0.2, 0.25) is 0 Å². The molecule has 0 saturated carbocycles. The van der Waals surface area contributed by atoms with Crippen molar-refractivity contribution in [3.8, 4) is 0 Å². The van der Waals surface area contributed by atoms with Crippen molar-refractivity contribution >= 4 is 23.5 Å². The highest BCUT2D eigenvalue weighted by molar-refractivity contribution is 7.98. The smallest absolute Gasteiger partial charge is 0.254 e. The molecule has 0 aliphatic carbocycles. The number of rotatable bonds is 7. The Morgan fingerprint density at radius 3 is 2.72 bits per heavy atom. The van der Waals surface area contributed by atoms with Crippen LogP contribution in [0.2, 0.25) is 0 Å². The molecule has 2 heterocycles. The number of hydrogen-bond acceptors (Lipinski definition) is 5. The molecule has 1 saturated heterocycles. The molecule has 1 N–H and O–H groups in total. The molecule has 7 heteroatoms. The van der Waals surface area contributed by atoms with Gasteiger partial charge in [-0.1, -0.05) is 30.8 Å². The second-order valence-corrected chi connectivity index (χ2v) is 8.75. The van der Waals surface area contributed by atoms with E-state index >= 15 is 0 Å². The molecule has 0 atom stereocenters. The third-order valence-corrected chi connectivity index (χ3v) is 6.13. The summed E-state index contributed by atoms with van der Waals surface area (Å²) in [5.74, 6) is 1.84. The number of likely N-dealkylation sites (N-methyl/N-ethyl adjacent to an activating group) is 1. The van der Waals surface area contributed by atoms with Crippen LogP contribution >= 0.6 is 11.8 Å². The third-order valence-electron chi connectivity index (χ3n) is 5.22. The minimum Gasteiger partial charge on any atom is -0.360 e. The normalized spacial score (nSPS) is 14.8. The van der Waals surface area contributed by atoms with Crippen LogP contribution in [-0.4, -0.2) is 67.6 Å². The molecule has 1 aliphatic rings. The van der Waals surface area contributed by atoms with Crippen molar-refractivity contribution in [3.05, 3.63) is 47.2 Å². The predicted molar refractivity (Wildman–Crippen MR) is 119 cm³/mol. The van der Waals surface area contributed by atoms with Gasteiger partial charge in [-0.3, -0.25) is 4.79 Å². The maximum Gasteiger partial charge on any atom is 0.254 e. The van der Waals surface area contributed by atoms with Crippen molar-refractivity contribution in [2.75, 3.05) is 51.7 Å². The Labute approximate surface area is 178 Å². The molecule has 0 spiro atoms. The summed E-state index contributed by atoms with van der Waals surface area (Å²) >= 11 is 1.62. The number of benzene rings is 1. The van der Waals surface area contributed by atoms with E-state index < -0.39 is 0 Å². The monoisotopic (exact) mass is 414 g/mol. The van der Waals surface area contributed by atoms with Crippen molar-refractivity contribution in [2.24, 2.45) is 0 Å². The van der Waals surface area contributed by atoms with Gasteiger partial charge in [0, 0.05) is 36.7 Å². The number of quaternary nitrogens is 1. The summed E-state index contributed by atoms with van der Waals surface area (Å²) < 4.78 is 0. The molecule has 3 rings (SSSR count). The topological polar surface area (TPSA) is 53.8 Å². The maximum atomic E-state index is 12.8. The third kappa shape index (κ3) is 5.93. The number of nitrogens with one attached hydrogen (secondary N) is 1. The summed E-state index contributed by atoms with van der Waals surface area (Å²) in [4.78, 5) is 27.7. The van der Waals surface area contributed by atoms with Crippen LogP contribution in [0.15, 0.2) is 35.5 Å². The number of thioether (sulfide) groups is 1. The standard InChI is InChI=1S/C22H31N5OS/c1-5-9-26(4)20-14-17(2)23-22(24-20)29-16-18-7-6-8-19(15-18)21(28)27-12-10-25(3)11-13-27/h6-8,14-15H,5,9-13,16H2,1-4H3/p+1. The Morgan fingerprint density at radius 2 is 2.00 bits per heavy atom. The molecule has 0 bridgehead atoms. The van der Waals surface area contributed by atoms with Crippen LogP contribution in [0.25, 0.3) is 0 Å². The van der Waals surface area contributed by atoms with Crippen LogP contribution in [0.3, 0.4) is 0 Å². The van der Waals surface area contributed by atoms with Gasteiger partial charge in [-0.05, 0) is 31.0 Å². The van der Waals surface area contributed by atoms with Gasteiger partial charge < -0.3 is 14.7 Å². The fourth-order valence-electron chi connectivity index (χ4n) is 3.45. The second kappa shape index (κ2) is 10.1. The highest BCUT2D eigenvalue weighted by Gasteiger charge is 2.22. The Bertz CT molecular complexity index is 836. The van der Waals surface area contributed by atoms with Gasteiger partial charge in [-0.25, -0.2) is 9.97 Å². The minimum absolute atomic E-state index is 0.139. The Morgan fingerprint density at radius 1 is 1.24 bits per heavy atom. The average molecular weight is 415 g/mol. The zero-order valence-electron chi connectivity index (χ0n) is 17.9. The van der Waals surface area contributed by atoms with Crippen LogP contribution in [0.4, 0.5) is 5.82 Å². The summed E-state index contributed by atoms with van der Waals surface area (Å²) in [6, 6.07) is 10.00. The summed E-state index contributed by atoms with van der Waals surface area (Å²) in [5.41, 5.74) is 2.87. The van der Waals surface area contributed by atoms with Crippen molar-refractivity contribution in [2.45, 2.75) is 31.2 Å². The molecule has 1 amide bonds. The summed E-state index contributed by atoms with van der Waals surface area (Å²) in [6.45, 7) is 8.83. The second-order valence-electron chi connectivity index (χ2n) is 7.81. The number of aryl methyl sites for hydroxylation is 1. The number of carbonyl (C=O) groups excluding carboxylic acids is 1. The molecule has 2 aromatic rings. The quantitative estimate of drug-likeness (QED) is 0.554. The number of nitrogens with zero attached hydrogens (tertiary/aromatic N) is 4. The number of carbonyl (C=O) groups is 1.